The van der Waals surface area contributed by atoms with Crippen LogP contribution in [0.5, 0.6) is 11.5 Å². The van der Waals surface area contributed by atoms with E-state index in [1.165, 1.54) is 4.31 Å². The average molecular weight is 450 g/mol. The average Bonchev–Trinajstić information content (AvgIpc) is 3.05. The second-order valence-electron chi connectivity index (χ2n) is 8.26. The number of benzene rings is 3. The lowest BCUT2D eigenvalue weighted by atomic mass is 9.86. The van der Waals surface area contributed by atoms with Gasteiger partial charge in [0.15, 0.2) is 5.60 Å². The highest BCUT2D eigenvalue weighted by Crippen LogP contribution is 2.43. The van der Waals surface area contributed by atoms with Crippen molar-refractivity contribution in [3.05, 3.63) is 89.5 Å². The van der Waals surface area contributed by atoms with Crippen molar-refractivity contribution in [1.29, 1.82) is 0 Å². The summed E-state index contributed by atoms with van der Waals surface area (Å²) in [6, 6.07) is 21.3. The van der Waals surface area contributed by atoms with E-state index < -0.39 is 21.6 Å². The van der Waals surface area contributed by atoms with Crippen molar-refractivity contribution in [2.45, 2.75) is 30.3 Å². The third kappa shape index (κ3) is 3.57. The Hall–Kier alpha value is -3.16. The summed E-state index contributed by atoms with van der Waals surface area (Å²) in [5.41, 5.74) is 1.44. The van der Waals surface area contributed by atoms with Gasteiger partial charge >= 0.3 is 5.97 Å². The van der Waals surface area contributed by atoms with Crippen LogP contribution in [0.1, 0.15) is 34.3 Å². The number of nitrogens with zero attached hydrogens (tertiary/aromatic N) is 1. The molecule has 32 heavy (non-hydrogen) atoms. The summed E-state index contributed by atoms with van der Waals surface area (Å²) < 4.78 is 39.8. The molecule has 1 fully saturated rings. The van der Waals surface area contributed by atoms with Crippen LogP contribution in [0.2, 0.25) is 0 Å². The normalized spacial score (nSPS) is 20.7. The molecule has 0 saturated carbocycles. The molecule has 2 heterocycles. The Labute approximate surface area is 187 Å². The van der Waals surface area contributed by atoms with Crippen LogP contribution in [0.4, 0.5) is 0 Å². The van der Waals surface area contributed by atoms with Crippen LogP contribution in [0.25, 0.3) is 0 Å². The van der Waals surface area contributed by atoms with Gasteiger partial charge in [-0.2, -0.15) is 4.31 Å². The molecule has 3 aromatic carbocycles. The lowest BCUT2D eigenvalue weighted by Crippen LogP contribution is -2.48. The standard InChI is InChI=1S/C25H23NO5S/c1-18-6-4-7-20(16-18)30-19-10-12-21(13-11-19)32(28,29)26-15-5-14-25(17-26)23-9-3-2-8-22(23)24(27)31-25/h2-4,6-13,16H,5,14-15,17H2,1H3. The van der Waals surface area contributed by atoms with Gasteiger partial charge in [-0.25, -0.2) is 13.2 Å². The fourth-order valence-corrected chi connectivity index (χ4v) is 6.01. The van der Waals surface area contributed by atoms with Crippen molar-refractivity contribution < 1.29 is 22.7 Å². The molecule has 0 aliphatic carbocycles. The number of rotatable bonds is 4. The van der Waals surface area contributed by atoms with Crippen LogP contribution in [-0.2, 0) is 20.4 Å². The largest absolute Gasteiger partial charge is 0.457 e. The summed E-state index contributed by atoms with van der Waals surface area (Å²) in [7, 11) is -3.76. The molecule has 3 aromatic rings. The number of aryl methyl sites for hydroxylation is 1. The molecule has 7 heteroatoms. The second-order valence-corrected chi connectivity index (χ2v) is 10.2. The number of esters is 1. The summed E-state index contributed by atoms with van der Waals surface area (Å²) in [6.07, 6.45) is 1.21. The molecule has 5 rings (SSSR count). The molecule has 0 N–H and O–H groups in total. The molecule has 2 aliphatic rings. The summed E-state index contributed by atoms with van der Waals surface area (Å²) in [4.78, 5) is 12.6. The van der Waals surface area contributed by atoms with Gasteiger partial charge in [0.1, 0.15) is 11.5 Å². The van der Waals surface area contributed by atoms with Crippen molar-refractivity contribution in [2.75, 3.05) is 13.1 Å². The van der Waals surface area contributed by atoms with Crippen LogP contribution < -0.4 is 4.74 Å². The molecule has 6 nitrogen and oxygen atoms in total. The quantitative estimate of drug-likeness (QED) is 0.543. The Balaban J connectivity index is 1.38. The zero-order valence-electron chi connectivity index (χ0n) is 17.7. The maximum Gasteiger partial charge on any atom is 0.339 e. The van der Waals surface area contributed by atoms with E-state index in [1.807, 2.05) is 43.3 Å². The highest BCUT2D eigenvalue weighted by Gasteiger charge is 2.50. The van der Waals surface area contributed by atoms with Gasteiger partial charge in [0, 0.05) is 12.1 Å². The number of carbonyl (C=O) groups excluding carboxylic acids is 1. The van der Waals surface area contributed by atoms with E-state index in [9.17, 15) is 13.2 Å². The highest BCUT2D eigenvalue weighted by atomic mass is 32.2. The first-order chi connectivity index (χ1) is 15.4. The van der Waals surface area contributed by atoms with Gasteiger partial charge in [0.25, 0.3) is 0 Å². The van der Waals surface area contributed by atoms with Gasteiger partial charge in [-0.05, 0) is 67.8 Å². The minimum atomic E-state index is -3.76. The van der Waals surface area contributed by atoms with Crippen LogP contribution in [0.15, 0.2) is 77.7 Å². The lowest BCUT2D eigenvalue weighted by Gasteiger charge is -2.38. The number of ether oxygens (including phenoxy) is 2. The van der Waals surface area contributed by atoms with E-state index in [4.69, 9.17) is 9.47 Å². The fraction of sp³-hybridized carbons (Fsp3) is 0.240. The topological polar surface area (TPSA) is 72.9 Å². The Morgan fingerprint density at radius 1 is 0.969 bits per heavy atom. The molecule has 0 amide bonds. The second kappa shape index (κ2) is 7.76. The molecule has 1 unspecified atom stereocenters. The van der Waals surface area contributed by atoms with E-state index in [0.29, 0.717) is 36.4 Å². The van der Waals surface area contributed by atoms with Gasteiger partial charge < -0.3 is 9.47 Å². The number of carbonyl (C=O) groups is 1. The lowest BCUT2D eigenvalue weighted by molar-refractivity contribution is -0.0345. The van der Waals surface area contributed by atoms with Gasteiger partial charge in [-0.15, -0.1) is 0 Å². The Morgan fingerprint density at radius 2 is 1.75 bits per heavy atom. The minimum Gasteiger partial charge on any atom is -0.457 e. The van der Waals surface area contributed by atoms with E-state index in [2.05, 4.69) is 0 Å². The number of sulfonamides is 1. The highest BCUT2D eigenvalue weighted by molar-refractivity contribution is 7.89. The Kier molecular flexibility index (Phi) is 5.03. The minimum absolute atomic E-state index is 0.111. The third-order valence-corrected chi connectivity index (χ3v) is 7.89. The van der Waals surface area contributed by atoms with Crippen LogP contribution >= 0.6 is 0 Å². The van der Waals surface area contributed by atoms with Crippen LogP contribution in [0, 0.1) is 6.92 Å². The van der Waals surface area contributed by atoms with Gasteiger partial charge in [0.05, 0.1) is 17.0 Å². The molecule has 164 valence electrons. The molecule has 1 atom stereocenters. The first-order valence-corrected chi connectivity index (χ1v) is 12.0. The van der Waals surface area contributed by atoms with Crippen LogP contribution in [0.3, 0.4) is 0 Å². The van der Waals surface area contributed by atoms with Crippen LogP contribution in [-0.4, -0.2) is 31.8 Å². The number of fused-ring (bicyclic) bond motifs is 2. The van der Waals surface area contributed by atoms with Gasteiger partial charge in [-0.3, -0.25) is 0 Å². The molecule has 0 bridgehead atoms. The number of piperidine rings is 1. The molecular formula is C25H23NO5S. The van der Waals surface area contributed by atoms with E-state index >= 15 is 0 Å². The first-order valence-electron chi connectivity index (χ1n) is 10.6. The molecule has 0 radical (unpaired) electrons. The molecule has 1 spiro atoms. The fourth-order valence-electron chi connectivity index (χ4n) is 4.48. The first kappa shape index (κ1) is 20.7. The van der Waals surface area contributed by atoms with E-state index in [-0.39, 0.29) is 11.4 Å². The molecular weight excluding hydrogens is 426 g/mol. The SMILES string of the molecule is Cc1cccc(Oc2ccc(S(=O)(=O)N3CCCC4(C3)OC(=O)c3ccccc34)cc2)c1. The monoisotopic (exact) mass is 449 g/mol. The molecule has 2 aliphatic heterocycles. The maximum absolute atomic E-state index is 13.4. The zero-order chi connectivity index (χ0) is 22.3. The summed E-state index contributed by atoms with van der Waals surface area (Å²) >= 11 is 0. The number of hydrogen-bond donors (Lipinski definition) is 0. The predicted molar refractivity (Wildman–Crippen MR) is 119 cm³/mol. The Bertz CT molecular complexity index is 1290. The zero-order valence-corrected chi connectivity index (χ0v) is 18.5. The van der Waals surface area contributed by atoms with Crippen molar-refractivity contribution in [3.63, 3.8) is 0 Å². The molecule has 1 saturated heterocycles. The van der Waals surface area contributed by atoms with Crippen molar-refractivity contribution in [2.24, 2.45) is 0 Å². The summed E-state index contributed by atoms with van der Waals surface area (Å²) in [5, 5.41) is 0. The Morgan fingerprint density at radius 3 is 2.53 bits per heavy atom. The third-order valence-electron chi connectivity index (χ3n) is 6.03. The van der Waals surface area contributed by atoms with Crippen molar-refractivity contribution in [3.8, 4) is 11.5 Å². The van der Waals surface area contributed by atoms with Crippen molar-refractivity contribution >= 4 is 16.0 Å². The van der Waals surface area contributed by atoms with Gasteiger partial charge in [-0.1, -0.05) is 30.3 Å². The van der Waals surface area contributed by atoms with Gasteiger partial charge in [0.2, 0.25) is 10.0 Å². The maximum atomic E-state index is 13.4. The van der Waals surface area contributed by atoms with Crippen molar-refractivity contribution in [1.82, 2.24) is 4.31 Å². The summed E-state index contributed by atoms with van der Waals surface area (Å²) in [6.45, 7) is 2.47. The number of hydrogen-bond acceptors (Lipinski definition) is 5. The summed E-state index contributed by atoms with van der Waals surface area (Å²) in [5.74, 6) is 0.862. The predicted octanol–water partition coefficient (Wildman–Crippen LogP) is 4.64. The van der Waals surface area contributed by atoms with E-state index in [0.717, 1.165) is 11.1 Å². The van der Waals surface area contributed by atoms with E-state index in [1.54, 1.807) is 36.4 Å². The molecule has 0 aromatic heterocycles. The smallest absolute Gasteiger partial charge is 0.339 e.